The van der Waals surface area contributed by atoms with Gasteiger partial charge >= 0.3 is 0 Å². The van der Waals surface area contributed by atoms with Crippen molar-refractivity contribution in [3.05, 3.63) is 18.3 Å². The molecule has 0 aromatic carbocycles. The van der Waals surface area contributed by atoms with E-state index in [-0.39, 0.29) is 0 Å². The van der Waals surface area contributed by atoms with Gasteiger partial charge in [0.05, 0.1) is 12.3 Å². The Morgan fingerprint density at radius 1 is 1.38 bits per heavy atom. The Bertz CT molecular complexity index is 315. The normalized spacial score (nSPS) is 14.2. The van der Waals surface area contributed by atoms with E-state index < -0.39 is 0 Å². The molecule has 0 aliphatic carbocycles. The maximum Gasteiger partial charge on any atom is 0.237 e. The number of nitrogens with one attached hydrogen (secondary N) is 1. The van der Waals surface area contributed by atoms with Gasteiger partial charge in [0.1, 0.15) is 0 Å². The maximum atomic E-state index is 5.48. The number of hydrogen-bond acceptors (Lipinski definition) is 3. The van der Waals surface area contributed by atoms with Crippen molar-refractivity contribution in [2.75, 3.05) is 11.9 Å². The van der Waals surface area contributed by atoms with Gasteiger partial charge in [-0.1, -0.05) is 20.3 Å². The predicted octanol–water partition coefficient (Wildman–Crippen LogP) is 3.33. The molecule has 2 atom stereocenters. The van der Waals surface area contributed by atoms with Gasteiger partial charge in [-0.05, 0) is 31.9 Å². The third kappa shape index (κ3) is 3.40. The smallest absolute Gasteiger partial charge is 0.237 e. The first-order valence-corrected chi connectivity index (χ1v) is 6.03. The molecule has 0 aliphatic rings. The van der Waals surface area contributed by atoms with Crippen LogP contribution in [0, 0.1) is 5.92 Å². The standard InChI is InChI=1S/C13H22N2O/c1-5-10(3)11(4)15-12-8-7-9-14-13(12)16-6-2/h7-11,15H,5-6H2,1-4H3. The average molecular weight is 222 g/mol. The highest BCUT2D eigenvalue weighted by atomic mass is 16.5. The molecule has 0 aliphatic heterocycles. The molecule has 3 heteroatoms. The summed E-state index contributed by atoms with van der Waals surface area (Å²) in [4.78, 5) is 4.22. The van der Waals surface area contributed by atoms with Gasteiger partial charge < -0.3 is 10.1 Å². The highest BCUT2D eigenvalue weighted by molar-refractivity contribution is 5.52. The zero-order valence-electron chi connectivity index (χ0n) is 10.7. The van der Waals surface area contributed by atoms with Gasteiger partial charge in [-0.2, -0.15) is 0 Å². The van der Waals surface area contributed by atoms with E-state index in [1.807, 2.05) is 19.1 Å². The van der Waals surface area contributed by atoms with Crippen LogP contribution < -0.4 is 10.1 Å². The second kappa shape index (κ2) is 6.36. The lowest BCUT2D eigenvalue weighted by atomic mass is 10.0. The molecule has 1 aromatic rings. The summed E-state index contributed by atoms with van der Waals surface area (Å²) in [6.45, 7) is 9.25. The molecule has 1 N–H and O–H groups in total. The molecule has 0 saturated carbocycles. The van der Waals surface area contributed by atoms with Gasteiger partial charge in [0.25, 0.3) is 0 Å². The molecule has 90 valence electrons. The second-order valence-electron chi connectivity index (χ2n) is 4.11. The van der Waals surface area contributed by atoms with Crippen LogP contribution in [0.3, 0.4) is 0 Å². The zero-order chi connectivity index (χ0) is 12.0. The molecular formula is C13H22N2O. The SMILES string of the molecule is CCOc1ncccc1NC(C)C(C)CC. The van der Waals surface area contributed by atoms with E-state index in [0.717, 1.165) is 5.69 Å². The van der Waals surface area contributed by atoms with E-state index in [0.29, 0.717) is 24.4 Å². The van der Waals surface area contributed by atoms with Crippen LogP contribution in [0.2, 0.25) is 0 Å². The topological polar surface area (TPSA) is 34.1 Å². The van der Waals surface area contributed by atoms with Crippen LogP contribution in [0.4, 0.5) is 5.69 Å². The van der Waals surface area contributed by atoms with Gasteiger partial charge in [-0.15, -0.1) is 0 Å². The Morgan fingerprint density at radius 3 is 2.75 bits per heavy atom. The van der Waals surface area contributed by atoms with Gasteiger partial charge in [0.15, 0.2) is 0 Å². The van der Waals surface area contributed by atoms with Crippen LogP contribution in [-0.4, -0.2) is 17.6 Å². The van der Waals surface area contributed by atoms with Crippen LogP contribution in [0.1, 0.15) is 34.1 Å². The molecule has 0 spiro atoms. The van der Waals surface area contributed by atoms with Crippen LogP contribution in [-0.2, 0) is 0 Å². The lowest BCUT2D eigenvalue weighted by Gasteiger charge is -2.22. The monoisotopic (exact) mass is 222 g/mol. The number of aromatic nitrogens is 1. The molecule has 1 aromatic heterocycles. The zero-order valence-corrected chi connectivity index (χ0v) is 10.7. The van der Waals surface area contributed by atoms with Crippen molar-refractivity contribution in [3.63, 3.8) is 0 Å². The highest BCUT2D eigenvalue weighted by Gasteiger charge is 2.12. The van der Waals surface area contributed by atoms with E-state index >= 15 is 0 Å². The number of ether oxygens (including phenoxy) is 1. The summed E-state index contributed by atoms with van der Waals surface area (Å²) >= 11 is 0. The summed E-state index contributed by atoms with van der Waals surface area (Å²) in [5, 5.41) is 3.46. The Balaban J connectivity index is 2.71. The Labute approximate surface area is 98.2 Å². The van der Waals surface area contributed by atoms with Crippen molar-refractivity contribution >= 4 is 5.69 Å². The van der Waals surface area contributed by atoms with Crippen LogP contribution in [0.5, 0.6) is 5.88 Å². The first kappa shape index (κ1) is 12.8. The molecule has 1 rings (SSSR count). The molecule has 0 bridgehead atoms. The van der Waals surface area contributed by atoms with Crippen molar-refractivity contribution < 1.29 is 4.74 Å². The molecule has 3 nitrogen and oxygen atoms in total. The molecular weight excluding hydrogens is 200 g/mol. The van der Waals surface area contributed by atoms with Crippen LogP contribution >= 0.6 is 0 Å². The average Bonchev–Trinajstić information content (AvgIpc) is 2.31. The van der Waals surface area contributed by atoms with E-state index in [1.165, 1.54) is 6.42 Å². The van der Waals surface area contributed by atoms with Gasteiger partial charge in [0, 0.05) is 12.2 Å². The Morgan fingerprint density at radius 2 is 2.12 bits per heavy atom. The van der Waals surface area contributed by atoms with E-state index in [2.05, 4.69) is 31.1 Å². The van der Waals surface area contributed by atoms with E-state index in [4.69, 9.17) is 4.74 Å². The van der Waals surface area contributed by atoms with E-state index in [9.17, 15) is 0 Å². The van der Waals surface area contributed by atoms with E-state index in [1.54, 1.807) is 6.20 Å². The molecule has 0 saturated heterocycles. The quantitative estimate of drug-likeness (QED) is 0.801. The molecule has 2 unspecified atom stereocenters. The molecule has 16 heavy (non-hydrogen) atoms. The van der Waals surface area contributed by atoms with Gasteiger partial charge in [0.2, 0.25) is 5.88 Å². The summed E-state index contributed by atoms with van der Waals surface area (Å²) in [5.74, 6) is 1.33. The Hall–Kier alpha value is -1.25. The highest BCUT2D eigenvalue weighted by Crippen LogP contribution is 2.23. The van der Waals surface area contributed by atoms with Crippen molar-refractivity contribution in [2.24, 2.45) is 5.92 Å². The van der Waals surface area contributed by atoms with Crippen LogP contribution in [0.15, 0.2) is 18.3 Å². The Kier molecular flexibility index (Phi) is 5.09. The largest absolute Gasteiger partial charge is 0.476 e. The fourth-order valence-corrected chi connectivity index (χ4v) is 1.49. The minimum absolute atomic E-state index is 0.424. The first-order chi connectivity index (χ1) is 7.69. The summed E-state index contributed by atoms with van der Waals surface area (Å²) in [7, 11) is 0. The number of nitrogens with zero attached hydrogens (tertiary/aromatic N) is 1. The van der Waals surface area contributed by atoms with Crippen molar-refractivity contribution in [1.29, 1.82) is 0 Å². The number of pyridine rings is 1. The molecule has 1 heterocycles. The molecule has 0 amide bonds. The maximum absolute atomic E-state index is 5.48. The second-order valence-corrected chi connectivity index (χ2v) is 4.11. The predicted molar refractivity (Wildman–Crippen MR) is 67.9 cm³/mol. The summed E-state index contributed by atoms with van der Waals surface area (Å²) in [6.07, 6.45) is 2.92. The minimum atomic E-state index is 0.424. The van der Waals surface area contributed by atoms with Gasteiger partial charge in [-0.3, -0.25) is 0 Å². The molecule has 0 fully saturated rings. The fraction of sp³-hybridized carbons (Fsp3) is 0.615. The van der Waals surface area contributed by atoms with Crippen molar-refractivity contribution in [3.8, 4) is 5.88 Å². The fourth-order valence-electron chi connectivity index (χ4n) is 1.49. The lowest BCUT2D eigenvalue weighted by molar-refractivity contribution is 0.327. The first-order valence-electron chi connectivity index (χ1n) is 6.03. The minimum Gasteiger partial charge on any atom is -0.476 e. The number of hydrogen-bond donors (Lipinski definition) is 1. The third-order valence-corrected chi connectivity index (χ3v) is 2.93. The number of anilines is 1. The third-order valence-electron chi connectivity index (χ3n) is 2.93. The summed E-state index contributed by atoms with van der Waals surface area (Å²) in [5.41, 5.74) is 0.983. The summed E-state index contributed by atoms with van der Waals surface area (Å²) < 4.78 is 5.48. The van der Waals surface area contributed by atoms with Crippen LogP contribution in [0.25, 0.3) is 0 Å². The van der Waals surface area contributed by atoms with Crippen molar-refractivity contribution in [1.82, 2.24) is 4.98 Å². The van der Waals surface area contributed by atoms with Gasteiger partial charge in [-0.25, -0.2) is 4.98 Å². The summed E-state index contributed by atoms with van der Waals surface area (Å²) in [6, 6.07) is 4.36. The number of rotatable bonds is 6. The van der Waals surface area contributed by atoms with Crippen molar-refractivity contribution in [2.45, 2.75) is 40.2 Å². The molecule has 0 radical (unpaired) electrons. The lowest BCUT2D eigenvalue weighted by Crippen LogP contribution is -2.23.